The van der Waals surface area contributed by atoms with Crippen LogP contribution in [0.15, 0.2) is 24.5 Å². The number of aromatic nitrogens is 3. The number of rotatable bonds is 3. The molecule has 4 nitrogen and oxygen atoms in total. The predicted molar refractivity (Wildman–Crippen MR) is 59.3 cm³/mol. The van der Waals surface area contributed by atoms with Gasteiger partial charge in [-0.1, -0.05) is 0 Å². The quantitative estimate of drug-likeness (QED) is 0.793. The normalized spacial score (nSPS) is 10.5. The van der Waals surface area contributed by atoms with Gasteiger partial charge < -0.3 is 10.3 Å². The van der Waals surface area contributed by atoms with Gasteiger partial charge in [-0.25, -0.2) is 4.98 Å². The van der Waals surface area contributed by atoms with Gasteiger partial charge in [0.25, 0.3) is 0 Å². The molecule has 0 fully saturated rings. The molecular formula is C11H14N4. The van der Waals surface area contributed by atoms with E-state index in [0.29, 0.717) is 0 Å². The van der Waals surface area contributed by atoms with Crippen molar-refractivity contribution in [2.45, 2.75) is 13.5 Å². The number of nitrogens with zero attached hydrogens (tertiary/aromatic N) is 2. The molecule has 0 aromatic carbocycles. The van der Waals surface area contributed by atoms with Gasteiger partial charge >= 0.3 is 0 Å². The summed E-state index contributed by atoms with van der Waals surface area (Å²) in [6, 6.07) is 3.93. The Kier molecular flexibility index (Phi) is 2.78. The fourth-order valence-electron chi connectivity index (χ4n) is 1.59. The standard InChI is InChI=1S/C11H14N4/c1-8-14-10(7-12-2)11(15-8)9-4-3-5-13-6-9/h3-6,12H,7H2,1-2H3,(H,14,15). The third-order valence-corrected chi connectivity index (χ3v) is 2.19. The first-order chi connectivity index (χ1) is 7.31. The third-order valence-electron chi connectivity index (χ3n) is 2.19. The second-order valence-electron chi connectivity index (χ2n) is 3.42. The number of aryl methyl sites for hydroxylation is 1. The number of pyridine rings is 1. The van der Waals surface area contributed by atoms with E-state index >= 15 is 0 Å². The molecule has 4 heteroatoms. The highest BCUT2D eigenvalue weighted by atomic mass is 15.0. The molecule has 2 rings (SSSR count). The molecular weight excluding hydrogens is 188 g/mol. The molecule has 0 saturated carbocycles. The maximum Gasteiger partial charge on any atom is 0.103 e. The van der Waals surface area contributed by atoms with Crippen LogP contribution in [0.25, 0.3) is 11.3 Å². The van der Waals surface area contributed by atoms with E-state index < -0.39 is 0 Å². The van der Waals surface area contributed by atoms with Crippen molar-refractivity contribution in [1.82, 2.24) is 20.3 Å². The van der Waals surface area contributed by atoms with Crippen molar-refractivity contribution >= 4 is 0 Å². The van der Waals surface area contributed by atoms with E-state index in [0.717, 1.165) is 29.3 Å². The Morgan fingerprint density at radius 3 is 3.00 bits per heavy atom. The van der Waals surface area contributed by atoms with Crippen LogP contribution in [-0.4, -0.2) is 22.0 Å². The van der Waals surface area contributed by atoms with Gasteiger partial charge in [-0.3, -0.25) is 4.98 Å². The molecule has 2 aromatic rings. The Morgan fingerprint density at radius 2 is 2.33 bits per heavy atom. The Balaban J connectivity index is 2.43. The molecule has 78 valence electrons. The van der Waals surface area contributed by atoms with Crippen LogP contribution in [0, 0.1) is 6.92 Å². The minimum absolute atomic E-state index is 0.783. The molecule has 0 unspecified atom stereocenters. The first-order valence-corrected chi connectivity index (χ1v) is 4.91. The van der Waals surface area contributed by atoms with Crippen molar-refractivity contribution in [2.75, 3.05) is 7.05 Å². The average Bonchev–Trinajstić information content (AvgIpc) is 2.62. The molecule has 0 aliphatic rings. The fraction of sp³-hybridized carbons (Fsp3) is 0.273. The zero-order chi connectivity index (χ0) is 10.7. The van der Waals surface area contributed by atoms with Crippen molar-refractivity contribution in [2.24, 2.45) is 0 Å². The van der Waals surface area contributed by atoms with Gasteiger partial charge in [0, 0.05) is 24.5 Å². The fourth-order valence-corrected chi connectivity index (χ4v) is 1.59. The second kappa shape index (κ2) is 4.23. The molecule has 2 aromatic heterocycles. The number of imidazole rings is 1. The number of aromatic amines is 1. The molecule has 0 aliphatic carbocycles. The Morgan fingerprint density at radius 1 is 1.47 bits per heavy atom. The van der Waals surface area contributed by atoms with E-state index in [2.05, 4.69) is 20.3 Å². The lowest BCUT2D eigenvalue weighted by Crippen LogP contribution is -2.06. The van der Waals surface area contributed by atoms with Crippen molar-refractivity contribution < 1.29 is 0 Å². The maximum absolute atomic E-state index is 4.46. The van der Waals surface area contributed by atoms with Gasteiger partial charge in [0.15, 0.2) is 0 Å². The van der Waals surface area contributed by atoms with Gasteiger partial charge in [-0.2, -0.15) is 0 Å². The smallest absolute Gasteiger partial charge is 0.103 e. The summed E-state index contributed by atoms with van der Waals surface area (Å²) in [4.78, 5) is 11.8. The first kappa shape index (κ1) is 9.86. The monoisotopic (exact) mass is 202 g/mol. The highest BCUT2D eigenvalue weighted by Crippen LogP contribution is 2.20. The molecule has 0 aliphatic heterocycles. The number of nitrogens with one attached hydrogen (secondary N) is 2. The van der Waals surface area contributed by atoms with Gasteiger partial charge in [0.1, 0.15) is 5.82 Å². The lowest BCUT2D eigenvalue weighted by Gasteiger charge is -2.00. The van der Waals surface area contributed by atoms with Crippen LogP contribution in [0.2, 0.25) is 0 Å². The van der Waals surface area contributed by atoms with Crippen LogP contribution in [0.5, 0.6) is 0 Å². The largest absolute Gasteiger partial charge is 0.345 e. The van der Waals surface area contributed by atoms with Gasteiger partial charge in [-0.15, -0.1) is 0 Å². The van der Waals surface area contributed by atoms with E-state index in [4.69, 9.17) is 0 Å². The Hall–Kier alpha value is -1.68. The van der Waals surface area contributed by atoms with Crippen LogP contribution in [0.1, 0.15) is 11.5 Å². The molecule has 0 spiro atoms. The summed E-state index contributed by atoms with van der Waals surface area (Å²) in [6.07, 6.45) is 3.59. The summed E-state index contributed by atoms with van der Waals surface area (Å²) < 4.78 is 0. The maximum atomic E-state index is 4.46. The number of hydrogen-bond donors (Lipinski definition) is 2. The zero-order valence-electron chi connectivity index (χ0n) is 8.91. The zero-order valence-corrected chi connectivity index (χ0v) is 8.91. The lowest BCUT2D eigenvalue weighted by molar-refractivity contribution is 0.796. The van der Waals surface area contributed by atoms with Crippen LogP contribution in [0.3, 0.4) is 0 Å². The van der Waals surface area contributed by atoms with E-state index in [1.807, 2.05) is 32.3 Å². The summed E-state index contributed by atoms with van der Waals surface area (Å²) in [5.74, 6) is 0.930. The molecule has 2 N–H and O–H groups in total. The Bertz CT molecular complexity index is 433. The minimum atomic E-state index is 0.783. The number of hydrogen-bond acceptors (Lipinski definition) is 3. The highest BCUT2D eigenvalue weighted by Gasteiger charge is 2.09. The molecule has 0 atom stereocenters. The average molecular weight is 202 g/mol. The first-order valence-electron chi connectivity index (χ1n) is 4.91. The van der Waals surface area contributed by atoms with Crippen LogP contribution in [0.4, 0.5) is 0 Å². The van der Waals surface area contributed by atoms with Crippen LogP contribution in [-0.2, 0) is 6.54 Å². The third kappa shape index (κ3) is 2.05. The van der Waals surface area contributed by atoms with Crippen molar-refractivity contribution in [3.05, 3.63) is 36.0 Å². The van der Waals surface area contributed by atoms with E-state index in [-0.39, 0.29) is 0 Å². The molecule has 15 heavy (non-hydrogen) atoms. The topological polar surface area (TPSA) is 53.6 Å². The van der Waals surface area contributed by atoms with Crippen molar-refractivity contribution in [3.63, 3.8) is 0 Å². The van der Waals surface area contributed by atoms with Crippen LogP contribution < -0.4 is 5.32 Å². The summed E-state index contributed by atoms with van der Waals surface area (Å²) in [5, 5.41) is 3.12. The molecule has 0 saturated heterocycles. The highest BCUT2D eigenvalue weighted by molar-refractivity contribution is 5.60. The van der Waals surface area contributed by atoms with Gasteiger partial charge in [0.05, 0.1) is 11.4 Å². The molecule has 2 heterocycles. The second-order valence-corrected chi connectivity index (χ2v) is 3.42. The molecule has 0 radical (unpaired) electrons. The van der Waals surface area contributed by atoms with E-state index in [1.54, 1.807) is 6.20 Å². The predicted octanol–water partition coefficient (Wildman–Crippen LogP) is 1.50. The summed E-state index contributed by atoms with van der Waals surface area (Å²) >= 11 is 0. The van der Waals surface area contributed by atoms with Crippen LogP contribution >= 0.6 is 0 Å². The van der Waals surface area contributed by atoms with Gasteiger partial charge in [0.2, 0.25) is 0 Å². The van der Waals surface area contributed by atoms with Crippen molar-refractivity contribution in [1.29, 1.82) is 0 Å². The van der Waals surface area contributed by atoms with E-state index in [1.165, 1.54) is 0 Å². The minimum Gasteiger partial charge on any atom is -0.345 e. The Labute approximate surface area is 88.8 Å². The number of H-pyrrole nitrogens is 1. The molecule has 0 bridgehead atoms. The SMILES string of the molecule is CNCc1[nH]c(C)nc1-c1cccnc1. The molecule has 0 amide bonds. The lowest BCUT2D eigenvalue weighted by atomic mass is 10.2. The summed E-state index contributed by atoms with van der Waals surface area (Å²) in [6.45, 7) is 2.74. The summed E-state index contributed by atoms with van der Waals surface area (Å²) in [7, 11) is 1.92. The van der Waals surface area contributed by atoms with E-state index in [9.17, 15) is 0 Å². The van der Waals surface area contributed by atoms with Gasteiger partial charge in [-0.05, 0) is 26.1 Å². The van der Waals surface area contributed by atoms with Crippen molar-refractivity contribution in [3.8, 4) is 11.3 Å². The summed E-state index contributed by atoms with van der Waals surface area (Å²) in [5.41, 5.74) is 3.13.